The van der Waals surface area contributed by atoms with Crippen LogP contribution in [0.25, 0.3) is 0 Å². The molecule has 0 unspecified atom stereocenters. The maximum absolute atomic E-state index is 10.8. The van der Waals surface area contributed by atoms with Crippen LogP contribution >= 0.6 is 15.9 Å². The van der Waals surface area contributed by atoms with Crippen molar-refractivity contribution in [2.24, 2.45) is 0 Å². The van der Waals surface area contributed by atoms with Gasteiger partial charge in [-0.1, -0.05) is 0 Å². The maximum atomic E-state index is 10.8. The first-order chi connectivity index (χ1) is 11.0. The van der Waals surface area contributed by atoms with Crippen LogP contribution < -0.4 is 9.80 Å². The Labute approximate surface area is 141 Å². The largest absolute Gasteiger partial charge is 0.353 e. The number of anilines is 2. The Bertz CT molecular complexity index is 733. The van der Waals surface area contributed by atoms with Gasteiger partial charge in [-0.2, -0.15) is 0 Å². The number of hydrogen-bond acceptors (Lipinski definition) is 7. The molecule has 1 aliphatic rings. The summed E-state index contributed by atoms with van der Waals surface area (Å²) in [5.41, 5.74) is -0.0179. The average Bonchev–Trinajstić information content (AvgIpc) is 2.55. The van der Waals surface area contributed by atoms with Crippen LogP contribution in [0.1, 0.15) is 5.82 Å². The Kier molecular flexibility index (Phi) is 4.37. The van der Waals surface area contributed by atoms with E-state index in [0.717, 1.165) is 43.6 Å². The fourth-order valence-electron chi connectivity index (χ4n) is 2.52. The smallest absolute Gasteiger partial charge is 0.288 e. The van der Waals surface area contributed by atoms with Crippen LogP contribution in [0.3, 0.4) is 0 Å². The van der Waals surface area contributed by atoms with Crippen molar-refractivity contribution in [3.63, 3.8) is 0 Å². The van der Waals surface area contributed by atoms with E-state index in [-0.39, 0.29) is 5.69 Å². The normalized spacial score (nSPS) is 14.9. The number of halogens is 1. The van der Waals surface area contributed by atoms with E-state index in [2.05, 4.69) is 40.7 Å². The molecule has 0 radical (unpaired) electrons. The highest BCUT2D eigenvalue weighted by Crippen LogP contribution is 2.28. The lowest BCUT2D eigenvalue weighted by atomic mass is 10.3. The number of aromatic nitrogens is 3. The minimum atomic E-state index is -0.448. The zero-order valence-electron chi connectivity index (χ0n) is 12.5. The van der Waals surface area contributed by atoms with Crippen molar-refractivity contribution in [1.29, 1.82) is 0 Å². The molecule has 0 saturated carbocycles. The highest BCUT2D eigenvalue weighted by atomic mass is 79.9. The van der Waals surface area contributed by atoms with Gasteiger partial charge in [0.2, 0.25) is 0 Å². The lowest BCUT2D eigenvalue weighted by Gasteiger charge is -2.36. The fraction of sp³-hybridized carbons (Fsp3) is 0.357. The molecule has 9 heteroatoms. The predicted octanol–water partition coefficient (Wildman–Crippen LogP) is 2.18. The number of rotatable bonds is 3. The van der Waals surface area contributed by atoms with Gasteiger partial charge >= 0.3 is 0 Å². The molecule has 0 bridgehead atoms. The molecule has 0 aliphatic carbocycles. The summed E-state index contributed by atoms with van der Waals surface area (Å²) in [6, 6.07) is 3.39. The Morgan fingerprint density at radius 1 is 1.22 bits per heavy atom. The van der Waals surface area contributed by atoms with Crippen LogP contribution in [0.4, 0.5) is 17.3 Å². The molecule has 3 rings (SSSR count). The molecule has 8 nitrogen and oxygen atoms in total. The Balaban J connectivity index is 1.70. The van der Waals surface area contributed by atoms with Gasteiger partial charge in [0.1, 0.15) is 23.7 Å². The van der Waals surface area contributed by atoms with Crippen molar-refractivity contribution in [1.82, 2.24) is 15.0 Å². The summed E-state index contributed by atoms with van der Waals surface area (Å²) >= 11 is 3.38. The molecule has 2 aromatic rings. The minimum Gasteiger partial charge on any atom is -0.353 e. The van der Waals surface area contributed by atoms with Gasteiger partial charge in [-0.05, 0) is 28.9 Å². The van der Waals surface area contributed by atoms with Crippen molar-refractivity contribution in [3.05, 3.63) is 44.9 Å². The quantitative estimate of drug-likeness (QED) is 0.597. The first-order valence-electron chi connectivity index (χ1n) is 7.14. The molecular weight excluding hydrogens is 364 g/mol. The summed E-state index contributed by atoms with van der Waals surface area (Å²) in [7, 11) is 0. The summed E-state index contributed by atoms with van der Waals surface area (Å²) in [4.78, 5) is 27.4. The highest BCUT2D eigenvalue weighted by Gasteiger charge is 2.22. The second-order valence-corrected chi connectivity index (χ2v) is 6.05. The molecule has 1 saturated heterocycles. The van der Waals surface area contributed by atoms with E-state index >= 15 is 0 Å². The Morgan fingerprint density at radius 2 is 1.91 bits per heavy atom. The van der Waals surface area contributed by atoms with Gasteiger partial charge in [0.25, 0.3) is 5.69 Å². The second-order valence-electron chi connectivity index (χ2n) is 5.19. The zero-order chi connectivity index (χ0) is 16.4. The molecule has 120 valence electrons. The van der Waals surface area contributed by atoms with Crippen LogP contribution in [0.2, 0.25) is 0 Å². The van der Waals surface area contributed by atoms with Crippen molar-refractivity contribution in [2.75, 3.05) is 36.0 Å². The third-order valence-corrected chi connectivity index (χ3v) is 4.27. The van der Waals surface area contributed by atoms with E-state index in [9.17, 15) is 10.1 Å². The van der Waals surface area contributed by atoms with Crippen LogP contribution in [-0.4, -0.2) is 46.1 Å². The molecular formula is C14H15BrN6O2. The number of piperazine rings is 1. The van der Waals surface area contributed by atoms with Gasteiger partial charge in [-0.15, -0.1) is 0 Å². The second kappa shape index (κ2) is 6.45. The lowest BCUT2D eigenvalue weighted by molar-refractivity contribution is -0.385. The number of pyridine rings is 1. The topological polar surface area (TPSA) is 88.3 Å². The average molecular weight is 379 g/mol. The molecule has 0 aromatic carbocycles. The van der Waals surface area contributed by atoms with Gasteiger partial charge < -0.3 is 9.80 Å². The van der Waals surface area contributed by atoms with Gasteiger partial charge in [-0.25, -0.2) is 15.0 Å². The van der Waals surface area contributed by atoms with Crippen LogP contribution in [-0.2, 0) is 0 Å². The molecule has 0 amide bonds. The Morgan fingerprint density at radius 3 is 2.52 bits per heavy atom. The van der Waals surface area contributed by atoms with Gasteiger partial charge in [0.15, 0.2) is 0 Å². The molecule has 23 heavy (non-hydrogen) atoms. The maximum Gasteiger partial charge on any atom is 0.288 e. The van der Waals surface area contributed by atoms with Gasteiger partial charge in [0.05, 0.1) is 9.40 Å². The van der Waals surface area contributed by atoms with Crippen molar-refractivity contribution < 1.29 is 4.92 Å². The third-order valence-electron chi connectivity index (χ3n) is 3.68. The van der Waals surface area contributed by atoms with Crippen molar-refractivity contribution in [2.45, 2.75) is 6.92 Å². The molecule has 0 atom stereocenters. The van der Waals surface area contributed by atoms with Crippen LogP contribution in [0, 0.1) is 17.0 Å². The summed E-state index contributed by atoms with van der Waals surface area (Å²) in [6.07, 6.45) is 3.05. The molecule has 0 spiro atoms. The van der Waals surface area contributed by atoms with Crippen molar-refractivity contribution >= 4 is 33.3 Å². The monoisotopic (exact) mass is 378 g/mol. The standard InChI is InChI=1S/C14H15BrN6O2/c1-10-16-3-2-13(18-10)19-4-6-20(7-5-19)14-12(15)8-11(9-17-14)21(22)23/h2-3,8-9H,4-7H2,1H3. The van der Waals surface area contributed by atoms with Crippen molar-refractivity contribution in [3.8, 4) is 0 Å². The van der Waals surface area contributed by atoms with E-state index in [1.165, 1.54) is 12.3 Å². The highest BCUT2D eigenvalue weighted by molar-refractivity contribution is 9.10. The van der Waals surface area contributed by atoms with Crippen LogP contribution in [0.5, 0.6) is 0 Å². The Hall–Kier alpha value is -2.29. The predicted molar refractivity (Wildman–Crippen MR) is 89.8 cm³/mol. The molecule has 2 aromatic heterocycles. The van der Waals surface area contributed by atoms with Crippen LogP contribution in [0.15, 0.2) is 29.0 Å². The summed E-state index contributed by atoms with van der Waals surface area (Å²) in [5.74, 6) is 2.41. The van der Waals surface area contributed by atoms with E-state index in [4.69, 9.17) is 0 Å². The number of aryl methyl sites for hydroxylation is 1. The third kappa shape index (κ3) is 3.39. The van der Waals surface area contributed by atoms with E-state index in [1.54, 1.807) is 6.20 Å². The molecule has 1 aliphatic heterocycles. The molecule has 1 fully saturated rings. The molecule has 3 heterocycles. The van der Waals surface area contributed by atoms with E-state index < -0.39 is 4.92 Å². The first-order valence-corrected chi connectivity index (χ1v) is 7.93. The van der Waals surface area contributed by atoms with E-state index in [1.807, 2.05) is 13.0 Å². The van der Waals surface area contributed by atoms with Gasteiger partial charge in [-0.3, -0.25) is 10.1 Å². The SMILES string of the molecule is Cc1nccc(N2CCN(c3ncc([N+](=O)[O-])cc3Br)CC2)n1. The molecule has 0 N–H and O–H groups in total. The summed E-state index contributed by atoms with van der Waals surface area (Å²) < 4.78 is 0.637. The fourth-order valence-corrected chi connectivity index (χ4v) is 3.11. The number of nitrogens with zero attached hydrogens (tertiary/aromatic N) is 6. The minimum absolute atomic E-state index is 0.0179. The summed E-state index contributed by atoms with van der Waals surface area (Å²) in [5, 5.41) is 10.8. The summed E-state index contributed by atoms with van der Waals surface area (Å²) in [6.45, 7) is 5.03. The first kappa shape index (κ1) is 15.6. The number of hydrogen-bond donors (Lipinski definition) is 0. The number of nitro groups is 1. The van der Waals surface area contributed by atoms with E-state index in [0.29, 0.717) is 4.47 Å². The van der Waals surface area contributed by atoms with Gasteiger partial charge in [0, 0.05) is 38.4 Å². The zero-order valence-corrected chi connectivity index (χ0v) is 14.1. The lowest BCUT2D eigenvalue weighted by Crippen LogP contribution is -2.47.